The molecule has 0 saturated carbocycles. The van der Waals surface area contributed by atoms with E-state index in [0.29, 0.717) is 39.9 Å². The molecule has 0 aliphatic rings. The maximum Gasteiger partial charge on any atom is 0.152 e. The number of hydrogen-bond donors (Lipinski definition) is 0. The van der Waals surface area contributed by atoms with E-state index in [9.17, 15) is 9.18 Å². The van der Waals surface area contributed by atoms with Crippen molar-refractivity contribution >= 4 is 40.3 Å². The van der Waals surface area contributed by atoms with Crippen LogP contribution in [0.5, 0.6) is 0 Å². The van der Waals surface area contributed by atoms with E-state index in [4.69, 9.17) is 23.2 Å². The number of rotatable bonds is 3. The normalized spacial score (nSPS) is 10.8. The number of alkyl halides is 1. The third-order valence-electron chi connectivity index (χ3n) is 2.63. The molecule has 17 heavy (non-hydrogen) atoms. The first-order valence-corrected chi connectivity index (χ1v) is 6.00. The van der Waals surface area contributed by atoms with E-state index in [1.807, 2.05) is 0 Å². The molecule has 0 atom stereocenters. The van der Waals surface area contributed by atoms with E-state index in [1.54, 1.807) is 12.1 Å². The van der Waals surface area contributed by atoms with Gasteiger partial charge in [0.15, 0.2) is 6.29 Å². The Morgan fingerprint density at radius 1 is 1.29 bits per heavy atom. The van der Waals surface area contributed by atoms with Gasteiger partial charge in [0, 0.05) is 11.4 Å². The van der Waals surface area contributed by atoms with Crippen molar-refractivity contribution in [2.24, 2.45) is 0 Å². The molecule has 0 spiro atoms. The minimum atomic E-state index is -0.339. The smallest absolute Gasteiger partial charge is 0.152 e. The van der Waals surface area contributed by atoms with Gasteiger partial charge in [0.05, 0.1) is 5.02 Å². The van der Waals surface area contributed by atoms with Gasteiger partial charge in [0.2, 0.25) is 0 Å². The van der Waals surface area contributed by atoms with E-state index >= 15 is 0 Å². The monoisotopic (exact) mass is 270 g/mol. The summed E-state index contributed by atoms with van der Waals surface area (Å²) in [4.78, 5) is 11.1. The first kappa shape index (κ1) is 12.3. The average Bonchev–Trinajstić information content (AvgIpc) is 2.31. The van der Waals surface area contributed by atoms with Crippen LogP contribution in [0.15, 0.2) is 24.3 Å². The fourth-order valence-electron chi connectivity index (χ4n) is 1.84. The molecule has 2 aromatic rings. The van der Waals surface area contributed by atoms with Crippen LogP contribution < -0.4 is 0 Å². The summed E-state index contributed by atoms with van der Waals surface area (Å²) in [7, 11) is 0. The summed E-state index contributed by atoms with van der Waals surface area (Å²) in [6.07, 6.45) is 1.24. The van der Waals surface area contributed by atoms with E-state index < -0.39 is 0 Å². The largest absolute Gasteiger partial charge is 0.298 e. The highest BCUT2D eigenvalue weighted by atomic mass is 35.5. The summed E-state index contributed by atoms with van der Waals surface area (Å²) < 4.78 is 13.1. The lowest BCUT2D eigenvalue weighted by molar-refractivity contribution is 0.112. The number of aldehydes is 1. The zero-order valence-electron chi connectivity index (χ0n) is 8.84. The van der Waals surface area contributed by atoms with Gasteiger partial charge < -0.3 is 0 Å². The lowest BCUT2D eigenvalue weighted by Gasteiger charge is -2.09. The second-order valence-electron chi connectivity index (χ2n) is 3.69. The van der Waals surface area contributed by atoms with Gasteiger partial charge >= 0.3 is 0 Å². The summed E-state index contributed by atoms with van der Waals surface area (Å²) in [6.45, 7) is 0. The Bertz CT molecular complexity index is 581. The second-order valence-corrected chi connectivity index (χ2v) is 4.44. The predicted molar refractivity (Wildman–Crippen MR) is 68.7 cm³/mol. The van der Waals surface area contributed by atoms with Crippen LogP contribution in [0.1, 0.15) is 15.9 Å². The Hall–Kier alpha value is -1.12. The zero-order valence-corrected chi connectivity index (χ0v) is 10.4. The van der Waals surface area contributed by atoms with Crippen LogP contribution >= 0.6 is 23.2 Å². The molecule has 0 radical (unpaired) electrons. The van der Waals surface area contributed by atoms with Gasteiger partial charge in [-0.1, -0.05) is 17.7 Å². The van der Waals surface area contributed by atoms with E-state index in [1.165, 1.54) is 12.1 Å². The lowest BCUT2D eigenvalue weighted by atomic mass is 10.00. The van der Waals surface area contributed by atoms with Gasteiger partial charge in [-0.3, -0.25) is 4.79 Å². The maximum absolute atomic E-state index is 13.1. The summed E-state index contributed by atoms with van der Waals surface area (Å²) >= 11 is 11.8. The van der Waals surface area contributed by atoms with Crippen molar-refractivity contribution in [3.05, 3.63) is 46.2 Å². The van der Waals surface area contributed by atoms with Gasteiger partial charge in [-0.2, -0.15) is 0 Å². The van der Waals surface area contributed by atoms with E-state index in [0.717, 1.165) is 5.56 Å². The molecule has 4 heteroatoms. The molecule has 0 aliphatic heterocycles. The van der Waals surface area contributed by atoms with Gasteiger partial charge in [0.1, 0.15) is 5.82 Å². The Kier molecular flexibility index (Phi) is 3.65. The molecule has 2 rings (SSSR count). The molecule has 0 aliphatic carbocycles. The molecule has 0 bridgehead atoms. The first-order valence-electron chi connectivity index (χ1n) is 5.09. The molecule has 2 aromatic carbocycles. The second kappa shape index (κ2) is 5.03. The van der Waals surface area contributed by atoms with Crippen molar-refractivity contribution in [3.8, 4) is 0 Å². The average molecular weight is 271 g/mol. The van der Waals surface area contributed by atoms with Crippen molar-refractivity contribution < 1.29 is 9.18 Å². The molecule has 0 unspecified atom stereocenters. The van der Waals surface area contributed by atoms with E-state index in [-0.39, 0.29) is 5.82 Å². The van der Waals surface area contributed by atoms with Crippen LogP contribution in [-0.2, 0) is 6.42 Å². The summed E-state index contributed by atoms with van der Waals surface area (Å²) in [5.74, 6) is 0.0623. The topological polar surface area (TPSA) is 17.1 Å². The fourth-order valence-corrected chi connectivity index (χ4v) is 2.34. The molecule has 88 valence electrons. The minimum absolute atomic E-state index is 0.339. The number of fused-ring (bicyclic) bond motifs is 1. The van der Waals surface area contributed by atoms with Crippen LogP contribution in [0, 0.1) is 5.82 Å². The number of aryl methyl sites for hydroxylation is 1. The van der Waals surface area contributed by atoms with Crippen LogP contribution in [0.25, 0.3) is 10.8 Å². The Morgan fingerprint density at radius 3 is 2.71 bits per heavy atom. The van der Waals surface area contributed by atoms with Crippen LogP contribution in [-0.4, -0.2) is 12.2 Å². The molecule has 1 nitrogen and oxygen atoms in total. The van der Waals surface area contributed by atoms with E-state index in [2.05, 4.69) is 0 Å². The Labute approximate surface area is 108 Å². The van der Waals surface area contributed by atoms with Gasteiger partial charge in [0.25, 0.3) is 0 Å². The van der Waals surface area contributed by atoms with Gasteiger partial charge in [-0.15, -0.1) is 11.6 Å². The van der Waals surface area contributed by atoms with Crippen LogP contribution in [0.3, 0.4) is 0 Å². The lowest BCUT2D eigenvalue weighted by Crippen LogP contribution is -1.95. The molecule has 0 heterocycles. The zero-order chi connectivity index (χ0) is 12.4. The van der Waals surface area contributed by atoms with Crippen LogP contribution in [0.2, 0.25) is 5.02 Å². The van der Waals surface area contributed by atoms with Crippen LogP contribution in [0.4, 0.5) is 4.39 Å². The minimum Gasteiger partial charge on any atom is -0.298 e. The van der Waals surface area contributed by atoms with Crippen molar-refractivity contribution in [3.63, 3.8) is 0 Å². The number of halogens is 3. The highest BCUT2D eigenvalue weighted by Crippen LogP contribution is 2.29. The summed E-state index contributed by atoms with van der Waals surface area (Å²) in [5, 5.41) is 1.72. The molecular formula is C13H9Cl2FO. The van der Waals surface area contributed by atoms with Gasteiger partial charge in [-0.05, 0) is 41.0 Å². The quantitative estimate of drug-likeness (QED) is 0.603. The first-order chi connectivity index (χ1) is 8.17. The third kappa shape index (κ3) is 2.28. The summed E-state index contributed by atoms with van der Waals surface area (Å²) in [6, 6.07) is 6.03. The Morgan fingerprint density at radius 2 is 2.06 bits per heavy atom. The molecule has 0 N–H and O–H groups in total. The Balaban J connectivity index is 2.79. The number of carbonyl (C=O) groups excluding carboxylic acids is 1. The predicted octanol–water partition coefficient (Wildman–Crippen LogP) is 4.23. The third-order valence-corrected chi connectivity index (χ3v) is 3.27. The number of hydrogen-bond acceptors (Lipinski definition) is 1. The fraction of sp³-hybridized carbons (Fsp3) is 0.154. The summed E-state index contributed by atoms with van der Waals surface area (Å²) in [5.41, 5.74) is 1.16. The maximum atomic E-state index is 13.1. The highest BCUT2D eigenvalue weighted by molar-refractivity contribution is 6.35. The molecule has 0 fully saturated rings. The van der Waals surface area contributed by atoms with Gasteiger partial charge in [-0.25, -0.2) is 4.39 Å². The SMILES string of the molecule is O=Cc1c(Cl)c(CCCl)cc2cc(F)ccc12. The molecule has 0 saturated heterocycles. The van der Waals surface area contributed by atoms with Crippen molar-refractivity contribution in [2.75, 3.05) is 5.88 Å². The number of carbonyl (C=O) groups is 1. The standard InChI is InChI=1S/C13H9Cl2FO/c14-4-3-8-5-9-6-10(16)1-2-11(9)12(7-17)13(8)15/h1-2,5-7H,3-4H2. The molecule has 0 aromatic heterocycles. The molecule has 0 amide bonds. The molecular weight excluding hydrogens is 262 g/mol. The highest BCUT2D eigenvalue weighted by Gasteiger charge is 2.11. The van der Waals surface area contributed by atoms with Crippen molar-refractivity contribution in [1.29, 1.82) is 0 Å². The van der Waals surface area contributed by atoms with Crippen molar-refractivity contribution in [1.82, 2.24) is 0 Å². The van der Waals surface area contributed by atoms with Crippen molar-refractivity contribution in [2.45, 2.75) is 6.42 Å². The number of benzene rings is 2.